The van der Waals surface area contributed by atoms with Crippen LogP contribution in [0.4, 0.5) is 0 Å². The van der Waals surface area contributed by atoms with Crippen molar-refractivity contribution >= 4 is 5.84 Å². The average Bonchev–Trinajstić information content (AvgIpc) is 2.55. The van der Waals surface area contributed by atoms with Gasteiger partial charge in [0.25, 0.3) is 0 Å². The SMILES string of the molecule is CN1CCCN(Cc2cccc(C(=N)N)c2)CC1. The molecule has 1 fully saturated rings. The Labute approximate surface area is 109 Å². The second-order valence-electron chi connectivity index (χ2n) is 5.05. The zero-order chi connectivity index (χ0) is 13.0. The number of hydrogen-bond acceptors (Lipinski definition) is 3. The Hall–Kier alpha value is -1.39. The molecule has 2 rings (SSSR count). The fraction of sp³-hybridized carbons (Fsp3) is 0.500. The minimum Gasteiger partial charge on any atom is -0.384 e. The zero-order valence-electron chi connectivity index (χ0n) is 11.0. The van der Waals surface area contributed by atoms with E-state index in [2.05, 4.69) is 22.9 Å². The van der Waals surface area contributed by atoms with Crippen molar-refractivity contribution in [2.24, 2.45) is 5.73 Å². The lowest BCUT2D eigenvalue weighted by molar-refractivity contribution is 0.269. The molecule has 0 unspecified atom stereocenters. The third-order valence-corrected chi connectivity index (χ3v) is 3.46. The summed E-state index contributed by atoms with van der Waals surface area (Å²) in [5.41, 5.74) is 7.58. The maximum atomic E-state index is 7.47. The lowest BCUT2D eigenvalue weighted by atomic mass is 10.1. The van der Waals surface area contributed by atoms with Gasteiger partial charge < -0.3 is 10.6 Å². The summed E-state index contributed by atoms with van der Waals surface area (Å²) in [5, 5.41) is 7.47. The molecule has 1 aliphatic rings. The number of benzene rings is 1. The van der Waals surface area contributed by atoms with Crippen molar-refractivity contribution in [2.75, 3.05) is 33.2 Å². The number of rotatable bonds is 3. The van der Waals surface area contributed by atoms with Crippen molar-refractivity contribution in [1.82, 2.24) is 9.80 Å². The quantitative estimate of drug-likeness (QED) is 0.620. The average molecular weight is 246 g/mol. The molecule has 1 aliphatic heterocycles. The first-order valence-electron chi connectivity index (χ1n) is 6.49. The second kappa shape index (κ2) is 5.98. The van der Waals surface area contributed by atoms with E-state index in [0.717, 1.165) is 31.7 Å². The minimum absolute atomic E-state index is 0.146. The standard InChI is InChI=1S/C14H22N4/c1-17-6-3-7-18(9-8-17)11-12-4-2-5-13(10-12)14(15)16/h2,4-5,10H,3,6-9,11H2,1H3,(H3,15,16). The molecule has 1 aromatic carbocycles. The molecule has 0 aromatic heterocycles. The molecule has 3 N–H and O–H groups in total. The molecule has 0 spiro atoms. The molecular weight excluding hydrogens is 224 g/mol. The summed E-state index contributed by atoms with van der Waals surface area (Å²) in [6, 6.07) is 8.01. The van der Waals surface area contributed by atoms with E-state index >= 15 is 0 Å². The molecule has 0 saturated carbocycles. The Bertz CT molecular complexity index is 416. The molecule has 4 heteroatoms. The van der Waals surface area contributed by atoms with Crippen LogP contribution in [0.25, 0.3) is 0 Å². The maximum Gasteiger partial charge on any atom is 0.122 e. The van der Waals surface area contributed by atoms with Crippen LogP contribution in [-0.2, 0) is 6.54 Å². The first-order valence-corrected chi connectivity index (χ1v) is 6.49. The molecule has 0 radical (unpaired) electrons. The Balaban J connectivity index is 2.00. The monoisotopic (exact) mass is 246 g/mol. The summed E-state index contributed by atoms with van der Waals surface area (Å²) in [4.78, 5) is 4.86. The van der Waals surface area contributed by atoms with Gasteiger partial charge in [0.15, 0.2) is 0 Å². The van der Waals surface area contributed by atoms with Crippen molar-refractivity contribution in [3.8, 4) is 0 Å². The number of nitrogen functional groups attached to an aromatic ring is 1. The Morgan fingerprint density at radius 1 is 1.28 bits per heavy atom. The van der Waals surface area contributed by atoms with E-state index in [9.17, 15) is 0 Å². The summed E-state index contributed by atoms with van der Waals surface area (Å²) in [7, 11) is 2.18. The van der Waals surface area contributed by atoms with Crippen LogP contribution in [0.15, 0.2) is 24.3 Å². The van der Waals surface area contributed by atoms with Crippen molar-refractivity contribution in [1.29, 1.82) is 5.41 Å². The van der Waals surface area contributed by atoms with Gasteiger partial charge in [0, 0.05) is 25.2 Å². The highest BCUT2D eigenvalue weighted by Gasteiger charge is 2.12. The van der Waals surface area contributed by atoms with Crippen molar-refractivity contribution < 1.29 is 0 Å². The number of nitrogens with one attached hydrogen (secondary N) is 1. The van der Waals surface area contributed by atoms with E-state index in [0.29, 0.717) is 0 Å². The van der Waals surface area contributed by atoms with Crippen LogP contribution in [0.5, 0.6) is 0 Å². The van der Waals surface area contributed by atoms with Gasteiger partial charge in [-0.15, -0.1) is 0 Å². The number of amidine groups is 1. The second-order valence-corrected chi connectivity index (χ2v) is 5.05. The molecule has 1 saturated heterocycles. The van der Waals surface area contributed by atoms with Crippen molar-refractivity contribution in [3.05, 3.63) is 35.4 Å². The first-order chi connectivity index (χ1) is 8.65. The topological polar surface area (TPSA) is 56.4 Å². The van der Waals surface area contributed by atoms with Crippen molar-refractivity contribution in [2.45, 2.75) is 13.0 Å². The Morgan fingerprint density at radius 3 is 2.89 bits per heavy atom. The third kappa shape index (κ3) is 3.55. The highest BCUT2D eigenvalue weighted by Crippen LogP contribution is 2.10. The molecule has 0 bridgehead atoms. The summed E-state index contributed by atoms with van der Waals surface area (Å²) in [6.45, 7) is 5.53. The van der Waals surface area contributed by atoms with Crippen LogP contribution < -0.4 is 5.73 Å². The summed E-state index contributed by atoms with van der Waals surface area (Å²) < 4.78 is 0. The molecule has 0 aliphatic carbocycles. The van der Waals surface area contributed by atoms with Crippen LogP contribution in [0.2, 0.25) is 0 Å². The lowest BCUT2D eigenvalue weighted by Crippen LogP contribution is -2.28. The first kappa shape index (κ1) is 13.1. The van der Waals surface area contributed by atoms with E-state index in [1.54, 1.807) is 0 Å². The van der Waals surface area contributed by atoms with Crippen LogP contribution >= 0.6 is 0 Å². The van der Waals surface area contributed by atoms with Gasteiger partial charge in [-0.05, 0) is 38.2 Å². The van der Waals surface area contributed by atoms with Gasteiger partial charge >= 0.3 is 0 Å². The molecule has 0 atom stereocenters. The Kier molecular flexibility index (Phi) is 4.33. The summed E-state index contributed by atoms with van der Waals surface area (Å²) in [6.07, 6.45) is 1.23. The van der Waals surface area contributed by atoms with Crippen molar-refractivity contribution in [3.63, 3.8) is 0 Å². The fourth-order valence-electron chi connectivity index (χ4n) is 2.35. The van der Waals surface area contributed by atoms with Crippen LogP contribution in [0, 0.1) is 5.41 Å². The molecule has 18 heavy (non-hydrogen) atoms. The number of likely N-dealkylation sites (N-methyl/N-ethyl adjacent to an activating group) is 1. The van der Waals surface area contributed by atoms with E-state index < -0.39 is 0 Å². The smallest absolute Gasteiger partial charge is 0.122 e. The molecular formula is C14H22N4. The van der Waals surface area contributed by atoms with Gasteiger partial charge in [0.2, 0.25) is 0 Å². The molecule has 4 nitrogen and oxygen atoms in total. The number of nitrogens with zero attached hydrogens (tertiary/aromatic N) is 2. The fourth-order valence-corrected chi connectivity index (χ4v) is 2.35. The zero-order valence-corrected chi connectivity index (χ0v) is 11.0. The normalized spacial score (nSPS) is 18.5. The van der Waals surface area contributed by atoms with E-state index in [1.807, 2.05) is 18.2 Å². The van der Waals surface area contributed by atoms with E-state index in [4.69, 9.17) is 11.1 Å². The maximum absolute atomic E-state index is 7.47. The minimum atomic E-state index is 0.146. The molecule has 0 amide bonds. The van der Waals surface area contributed by atoms with Gasteiger partial charge in [-0.1, -0.05) is 18.2 Å². The van der Waals surface area contributed by atoms with Gasteiger partial charge in [0.1, 0.15) is 5.84 Å². The number of nitrogens with two attached hydrogens (primary N) is 1. The third-order valence-electron chi connectivity index (χ3n) is 3.46. The molecule has 98 valence electrons. The Morgan fingerprint density at radius 2 is 2.11 bits per heavy atom. The molecule has 1 heterocycles. The van der Waals surface area contributed by atoms with Gasteiger partial charge in [-0.3, -0.25) is 10.3 Å². The number of hydrogen-bond donors (Lipinski definition) is 2. The van der Waals surface area contributed by atoms with Gasteiger partial charge in [-0.2, -0.15) is 0 Å². The van der Waals surface area contributed by atoms with Crippen LogP contribution in [0.3, 0.4) is 0 Å². The van der Waals surface area contributed by atoms with E-state index in [1.165, 1.54) is 18.5 Å². The van der Waals surface area contributed by atoms with Gasteiger partial charge in [-0.25, -0.2) is 0 Å². The van der Waals surface area contributed by atoms with E-state index in [-0.39, 0.29) is 5.84 Å². The lowest BCUT2D eigenvalue weighted by Gasteiger charge is -2.20. The predicted molar refractivity (Wildman–Crippen MR) is 74.8 cm³/mol. The summed E-state index contributed by atoms with van der Waals surface area (Å²) in [5.74, 6) is 0.146. The van der Waals surface area contributed by atoms with Crippen LogP contribution in [-0.4, -0.2) is 48.9 Å². The largest absolute Gasteiger partial charge is 0.384 e. The van der Waals surface area contributed by atoms with Gasteiger partial charge in [0.05, 0.1) is 0 Å². The highest BCUT2D eigenvalue weighted by molar-refractivity contribution is 5.95. The molecule has 1 aromatic rings. The van der Waals surface area contributed by atoms with Crippen LogP contribution in [0.1, 0.15) is 17.5 Å². The predicted octanol–water partition coefficient (Wildman–Crippen LogP) is 1.11. The summed E-state index contributed by atoms with van der Waals surface area (Å²) >= 11 is 0. The highest BCUT2D eigenvalue weighted by atomic mass is 15.2.